The third-order valence-electron chi connectivity index (χ3n) is 5.16. The van der Waals surface area contributed by atoms with Gasteiger partial charge in [0.1, 0.15) is 5.75 Å². The third kappa shape index (κ3) is 2.88. The largest absolute Gasteiger partial charge is 0.494 e. The number of hydrogen-bond acceptors (Lipinski definition) is 4. The molecule has 2 atom stereocenters. The van der Waals surface area contributed by atoms with Gasteiger partial charge in [0.2, 0.25) is 0 Å². The molecule has 0 bridgehead atoms. The molecule has 0 radical (unpaired) electrons. The molecule has 3 heterocycles. The summed E-state index contributed by atoms with van der Waals surface area (Å²) < 4.78 is 11.4. The maximum atomic E-state index is 13.3. The second-order valence-electron chi connectivity index (χ2n) is 7.04. The second kappa shape index (κ2) is 6.76. The number of carbonyl (C=O) groups excluding carboxylic acids is 1. The average Bonchev–Trinajstić information content (AvgIpc) is 3.05. The quantitative estimate of drug-likeness (QED) is 0.916. The van der Waals surface area contributed by atoms with Gasteiger partial charge in [0.05, 0.1) is 24.5 Å². The summed E-state index contributed by atoms with van der Waals surface area (Å²) in [5.41, 5.74) is 4.58. The molecule has 1 N–H and O–H groups in total. The van der Waals surface area contributed by atoms with E-state index in [4.69, 9.17) is 9.47 Å². The van der Waals surface area contributed by atoms with Gasteiger partial charge in [-0.2, -0.15) is 5.10 Å². The van der Waals surface area contributed by atoms with Crippen LogP contribution in [-0.2, 0) is 17.6 Å². The fourth-order valence-electron chi connectivity index (χ4n) is 4.02. The van der Waals surface area contributed by atoms with E-state index in [9.17, 15) is 4.79 Å². The lowest BCUT2D eigenvalue weighted by molar-refractivity contribution is -0.00696. The van der Waals surface area contributed by atoms with Crippen molar-refractivity contribution >= 4 is 11.6 Å². The van der Waals surface area contributed by atoms with Gasteiger partial charge in [-0.15, -0.1) is 0 Å². The van der Waals surface area contributed by atoms with Gasteiger partial charge < -0.3 is 14.4 Å². The smallest absolute Gasteiger partial charge is 0.279 e. The number of rotatable bonds is 3. The van der Waals surface area contributed by atoms with E-state index in [1.807, 2.05) is 37.8 Å². The molecule has 0 unspecified atom stereocenters. The van der Waals surface area contributed by atoms with E-state index in [0.29, 0.717) is 25.3 Å². The average molecular weight is 355 g/mol. The Morgan fingerprint density at radius 1 is 1.42 bits per heavy atom. The fraction of sp³-hybridized carbons (Fsp3) is 0.500. The van der Waals surface area contributed by atoms with Crippen molar-refractivity contribution in [3.05, 3.63) is 40.7 Å². The van der Waals surface area contributed by atoms with Crippen molar-refractivity contribution in [1.29, 1.82) is 0 Å². The Kier molecular flexibility index (Phi) is 4.44. The molecule has 2 aliphatic rings. The Hall–Kier alpha value is -2.34. The highest BCUT2D eigenvalue weighted by Gasteiger charge is 2.33. The van der Waals surface area contributed by atoms with Crippen LogP contribution in [0.15, 0.2) is 18.2 Å². The molecule has 6 nitrogen and oxygen atoms in total. The van der Waals surface area contributed by atoms with Crippen molar-refractivity contribution in [2.45, 2.75) is 52.2 Å². The Labute approximate surface area is 153 Å². The summed E-state index contributed by atoms with van der Waals surface area (Å²) in [5, 5.41) is 7.38. The first kappa shape index (κ1) is 17.1. The number of hydrogen-bond donors (Lipinski definition) is 1. The molecule has 26 heavy (non-hydrogen) atoms. The molecule has 138 valence electrons. The normalized spacial score (nSPS) is 21.9. The summed E-state index contributed by atoms with van der Waals surface area (Å²) in [6.45, 7) is 7.35. The summed E-state index contributed by atoms with van der Waals surface area (Å²) in [4.78, 5) is 15.1. The summed E-state index contributed by atoms with van der Waals surface area (Å²) >= 11 is 0. The minimum Gasteiger partial charge on any atom is -0.494 e. The van der Waals surface area contributed by atoms with E-state index in [1.54, 1.807) is 0 Å². The first-order chi connectivity index (χ1) is 12.6. The zero-order valence-corrected chi connectivity index (χ0v) is 15.5. The van der Waals surface area contributed by atoms with Gasteiger partial charge in [0, 0.05) is 24.2 Å². The molecule has 0 aliphatic carbocycles. The number of aromatic amines is 1. The lowest BCUT2D eigenvalue weighted by Gasteiger charge is -2.30. The SMILES string of the molecule is CCOc1ccc2c(c1)CCCN2C(=O)c1n[nH]c2c1C[C@H](C)O[C@@H]2C. The van der Waals surface area contributed by atoms with Gasteiger partial charge in [-0.05, 0) is 57.4 Å². The number of nitrogens with zero attached hydrogens (tertiary/aromatic N) is 2. The fourth-order valence-corrected chi connectivity index (χ4v) is 4.02. The van der Waals surface area contributed by atoms with Gasteiger partial charge in [-0.1, -0.05) is 0 Å². The van der Waals surface area contributed by atoms with Gasteiger partial charge in [-0.3, -0.25) is 9.89 Å². The van der Waals surface area contributed by atoms with Crippen molar-refractivity contribution in [2.24, 2.45) is 0 Å². The molecule has 0 saturated carbocycles. The molecule has 4 rings (SSSR count). The molecule has 1 aromatic heterocycles. The first-order valence-electron chi connectivity index (χ1n) is 9.38. The molecular formula is C20H25N3O3. The van der Waals surface area contributed by atoms with E-state index in [0.717, 1.165) is 41.1 Å². The highest BCUT2D eigenvalue weighted by Crippen LogP contribution is 2.34. The Bertz CT molecular complexity index is 830. The maximum absolute atomic E-state index is 13.3. The van der Waals surface area contributed by atoms with E-state index in [-0.39, 0.29) is 18.1 Å². The van der Waals surface area contributed by atoms with Crippen molar-refractivity contribution in [2.75, 3.05) is 18.1 Å². The van der Waals surface area contributed by atoms with Gasteiger partial charge >= 0.3 is 0 Å². The Morgan fingerprint density at radius 3 is 3.08 bits per heavy atom. The van der Waals surface area contributed by atoms with Gasteiger partial charge in [0.25, 0.3) is 5.91 Å². The standard InChI is InChI=1S/C20H25N3O3/c1-4-25-15-7-8-17-14(11-15)6-5-9-23(17)20(24)19-16-10-12(2)26-13(3)18(16)21-22-19/h7-8,11-13H,4-6,9-10H2,1-3H3,(H,21,22)/t12-,13+/m0/s1. The number of carbonyl (C=O) groups is 1. The lowest BCUT2D eigenvalue weighted by atomic mass is 9.97. The molecule has 1 amide bonds. The van der Waals surface area contributed by atoms with Crippen LogP contribution in [0, 0.1) is 0 Å². The summed E-state index contributed by atoms with van der Waals surface area (Å²) in [7, 11) is 0. The zero-order chi connectivity index (χ0) is 18.3. The monoisotopic (exact) mass is 355 g/mol. The number of benzene rings is 1. The molecular weight excluding hydrogens is 330 g/mol. The highest BCUT2D eigenvalue weighted by molar-refractivity contribution is 6.06. The number of aromatic nitrogens is 2. The number of anilines is 1. The van der Waals surface area contributed by atoms with E-state index < -0.39 is 0 Å². The van der Waals surface area contributed by atoms with E-state index in [1.165, 1.54) is 0 Å². The topological polar surface area (TPSA) is 67.5 Å². The highest BCUT2D eigenvalue weighted by atomic mass is 16.5. The predicted molar refractivity (Wildman–Crippen MR) is 98.9 cm³/mol. The molecule has 6 heteroatoms. The molecule has 2 aromatic rings. The number of amides is 1. The van der Waals surface area contributed by atoms with E-state index in [2.05, 4.69) is 16.3 Å². The van der Waals surface area contributed by atoms with Crippen molar-refractivity contribution in [3.8, 4) is 5.75 Å². The van der Waals surface area contributed by atoms with Crippen molar-refractivity contribution < 1.29 is 14.3 Å². The van der Waals surface area contributed by atoms with Crippen molar-refractivity contribution in [1.82, 2.24) is 10.2 Å². The second-order valence-corrected chi connectivity index (χ2v) is 7.04. The maximum Gasteiger partial charge on any atom is 0.279 e. The van der Waals surface area contributed by atoms with Crippen LogP contribution in [0.5, 0.6) is 5.75 Å². The predicted octanol–water partition coefficient (Wildman–Crippen LogP) is 3.42. The molecule has 0 fully saturated rings. The summed E-state index contributed by atoms with van der Waals surface area (Å²) in [5.74, 6) is 0.825. The molecule has 2 aliphatic heterocycles. The van der Waals surface area contributed by atoms with Gasteiger partial charge in [-0.25, -0.2) is 0 Å². The molecule has 0 spiro atoms. The molecule has 0 saturated heterocycles. The minimum atomic E-state index is -0.0646. The first-order valence-corrected chi connectivity index (χ1v) is 9.38. The van der Waals surface area contributed by atoms with E-state index >= 15 is 0 Å². The van der Waals surface area contributed by atoms with Crippen LogP contribution in [0.1, 0.15) is 60.6 Å². The zero-order valence-electron chi connectivity index (χ0n) is 15.5. The van der Waals surface area contributed by atoms with Crippen LogP contribution < -0.4 is 9.64 Å². The Morgan fingerprint density at radius 2 is 2.27 bits per heavy atom. The summed E-state index contributed by atoms with van der Waals surface area (Å²) in [6.07, 6.45) is 2.63. The van der Waals surface area contributed by atoms with Crippen LogP contribution in [0.2, 0.25) is 0 Å². The van der Waals surface area contributed by atoms with Gasteiger partial charge in [0.15, 0.2) is 5.69 Å². The number of fused-ring (bicyclic) bond motifs is 2. The minimum absolute atomic E-state index is 0.0334. The number of nitrogens with one attached hydrogen (secondary N) is 1. The third-order valence-corrected chi connectivity index (χ3v) is 5.16. The van der Waals surface area contributed by atoms with Crippen LogP contribution in [-0.4, -0.2) is 35.4 Å². The van der Waals surface area contributed by atoms with Crippen LogP contribution in [0.3, 0.4) is 0 Å². The number of aryl methyl sites for hydroxylation is 1. The lowest BCUT2D eigenvalue weighted by Crippen LogP contribution is -2.36. The van der Waals surface area contributed by atoms with Crippen LogP contribution in [0.25, 0.3) is 0 Å². The van der Waals surface area contributed by atoms with Crippen molar-refractivity contribution in [3.63, 3.8) is 0 Å². The molecule has 1 aromatic carbocycles. The summed E-state index contributed by atoms with van der Waals surface area (Å²) in [6, 6.07) is 5.98. The number of H-pyrrole nitrogens is 1. The Balaban J connectivity index is 1.67. The van der Waals surface area contributed by atoms with Crippen LogP contribution in [0.4, 0.5) is 5.69 Å². The number of ether oxygens (including phenoxy) is 2. The van der Waals surface area contributed by atoms with Crippen LogP contribution >= 0.6 is 0 Å².